The van der Waals surface area contributed by atoms with E-state index in [-0.39, 0.29) is 5.91 Å². The lowest BCUT2D eigenvalue weighted by Gasteiger charge is -2.42. The molecule has 0 aromatic heterocycles. The number of rotatable bonds is 5. The molecule has 1 unspecified atom stereocenters. The van der Waals surface area contributed by atoms with Gasteiger partial charge in [-0.15, -0.1) is 0 Å². The van der Waals surface area contributed by atoms with E-state index >= 15 is 0 Å². The van der Waals surface area contributed by atoms with Gasteiger partial charge >= 0.3 is 0 Å². The maximum Gasteiger partial charge on any atom is 0.235 e. The quantitative estimate of drug-likeness (QED) is 0.865. The molecule has 0 spiro atoms. The summed E-state index contributed by atoms with van der Waals surface area (Å²) in [6.45, 7) is 3.36. The maximum absolute atomic E-state index is 13.5. The molecule has 2 fully saturated rings. The zero-order valence-electron chi connectivity index (χ0n) is 15.9. The fourth-order valence-electron chi connectivity index (χ4n) is 5.15. The zero-order valence-corrected chi connectivity index (χ0v) is 15.9. The number of hydrogen-bond acceptors (Lipinski definition) is 2. The Morgan fingerprint density at radius 1 is 1.00 bits per heavy atom. The molecule has 3 aliphatic rings. The highest BCUT2D eigenvalue weighted by Crippen LogP contribution is 2.45. The number of para-hydroxylation sites is 1. The maximum atomic E-state index is 13.5. The van der Waals surface area contributed by atoms with Crippen LogP contribution in [-0.2, 0) is 16.6 Å². The van der Waals surface area contributed by atoms with Gasteiger partial charge in [-0.3, -0.25) is 4.79 Å². The van der Waals surface area contributed by atoms with E-state index < -0.39 is 5.41 Å². The van der Waals surface area contributed by atoms with Crippen molar-refractivity contribution in [1.29, 1.82) is 0 Å². The van der Waals surface area contributed by atoms with E-state index in [1.165, 1.54) is 36.9 Å². The summed E-state index contributed by atoms with van der Waals surface area (Å²) in [6, 6.07) is 18.8. The zero-order chi connectivity index (χ0) is 18.3. The van der Waals surface area contributed by atoms with Crippen molar-refractivity contribution in [2.45, 2.75) is 37.5 Å². The molecule has 1 N–H and O–H groups in total. The monoisotopic (exact) mass is 360 g/mol. The van der Waals surface area contributed by atoms with Crippen LogP contribution in [0.2, 0.25) is 0 Å². The average molecular weight is 361 g/mol. The molecule has 27 heavy (non-hydrogen) atoms. The Balaban J connectivity index is 1.48. The first-order valence-electron chi connectivity index (χ1n) is 10.4. The minimum atomic E-state index is -0.454. The highest BCUT2D eigenvalue weighted by Gasteiger charge is 2.51. The van der Waals surface area contributed by atoms with Gasteiger partial charge in [0.05, 0.1) is 5.41 Å². The molecule has 2 heterocycles. The van der Waals surface area contributed by atoms with Crippen molar-refractivity contribution < 1.29 is 4.79 Å². The van der Waals surface area contributed by atoms with E-state index in [2.05, 4.69) is 46.6 Å². The Kier molecular flexibility index (Phi) is 4.28. The van der Waals surface area contributed by atoms with Crippen LogP contribution < -0.4 is 5.32 Å². The molecule has 2 aromatic carbocycles. The first-order valence-corrected chi connectivity index (χ1v) is 10.4. The summed E-state index contributed by atoms with van der Waals surface area (Å²) in [6.07, 6.45) is 6.09. The van der Waals surface area contributed by atoms with E-state index in [0.717, 1.165) is 37.5 Å². The molecule has 5 rings (SSSR count). The lowest BCUT2D eigenvalue weighted by atomic mass is 9.64. The topological polar surface area (TPSA) is 32.3 Å². The van der Waals surface area contributed by atoms with Crippen LogP contribution in [0.1, 0.15) is 36.8 Å². The molecule has 1 saturated heterocycles. The summed E-state index contributed by atoms with van der Waals surface area (Å²) < 4.78 is 0. The third kappa shape index (κ3) is 3.08. The van der Waals surface area contributed by atoms with E-state index in [1.807, 2.05) is 18.2 Å². The van der Waals surface area contributed by atoms with Gasteiger partial charge in [0.1, 0.15) is 0 Å². The van der Waals surface area contributed by atoms with Crippen LogP contribution in [0.15, 0.2) is 54.6 Å². The molecule has 0 bridgehead atoms. The van der Waals surface area contributed by atoms with Crippen molar-refractivity contribution in [1.82, 2.24) is 4.90 Å². The lowest BCUT2D eigenvalue weighted by Crippen LogP contribution is -2.51. The highest BCUT2D eigenvalue weighted by molar-refractivity contribution is 6.02. The molecular formula is C24H28N2O. The molecule has 0 radical (unpaired) electrons. The van der Waals surface area contributed by atoms with Crippen LogP contribution in [0.25, 0.3) is 0 Å². The average Bonchev–Trinajstić information content (AvgIpc) is 3.42. The van der Waals surface area contributed by atoms with Crippen molar-refractivity contribution in [3.8, 4) is 0 Å². The summed E-state index contributed by atoms with van der Waals surface area (Å²) in [4.78, 5) is 16.1. The molecule has 140 valence electrons. The molecule has 3 nitrogen and oxygen atoms in total. The first-order chi connectivity index (χ1) is 13.3. The molecule has 1 saturated carbocycles. The molecular weight excluding hydrogens is 332 g/mol. The van der Waals surface area contributed by atoms with Crippen LogP contribution in [0.3, 0.4) is 0 Å². The summed E-state index contributed by atoms with van der Waals surface area (Å²) in [5, 5.41) is 3.24. The fraction of sp³-hybridized carbons (Fsp3) is 0.458. The Morgan fingerprint density at radius 3 is 2.59 bits per heavy atom. The second-order valence-corrected chi connectivity index (χ2v) is 8.64. The molecule has 2 aliphatic heterocycles. The van der Waals surface area contributed by atoms with Gasteiger partial charge < -0.3 is 10.2 Å². The lowest BCUT2D eigenvalue weighted by molar-refractivity contribution is -0.124. The highest BCUT2D eigenvalue weighted by atomic mass is 16.2. The van der Waals surface area contributed by atoms with Gasteiger partial charge in [0.2, 0.25) is 5.91 Å². The summed E-state index contributed by atoms with van der Waals surface area (Å²) >= 11 is 0. The van der Waals surface area contributed by atoms with Crippen LogP contribution in [-0.4, -0.2) is 30.4 Å². The van der Waals surface area contributed by atoms with Gasteiger partial charge in [-0.1, -0.05) is 61.4 Å². The van der Waals surface area contributed by atoms with Gasteiger partial charge in [0.15, 0.2) is 0 Å². The number of nitrogens with one attached hydrogen (secondary N) is 1. The van der Waals surface area contributed by atoms with E-state index in [1.54, 1.807) is 0 Å². The Labute approximate surface area is 161 Å². The van der Waals surface area contributed by atoms with Crippen molar-refractivity contribution in [3.63, 3.8) is 0 Å². The fourth-order valence-corrected chi connectivity index (χ4v) is 5.15. The first kappa shape index (κ1) is 17.0. The van der Waals surface area contributed by atoms with Gasteiger partial charge in [-0.25, -0.2) is 0 Å². The van der Waals surface area contributed by atoms with Crippen LogP contribution >= 0.6 is 0 Å². The summed E-state index contributed by atoms with van der Waals surface area (Å²) in [5.74, 6) is 1.52. The number of carbonyl (C=O) groups excluding carboxylic acids is 1. The molecule has 2 aromatic rings. The number of amides is 1. The largest absolute Gasteiger partial charge is 0.325 e. The number of nitrogens with zero attached hydrogens (tertiary/aromatic N) is 1. The van der Waals surface area contributed by atoms with Crippen LogP contribution in [0.5, 0.6) is 0 Å². The summed E-state index contributed by atoms with van der Waals surface area (Å²) in [5.41, 5.74) is 2.96. The standard InChI is InChI=1S/C24H28N2O/c27-23-24(20-7-2-1-3-8-20,16-19-6-4-5-9-22(19)25-23)21-13-15-26(17-21)14-12-18-10-11-18/h1-9,18,21H,10-17H2,(H,25,27)/t21-,24?/m1/s1. The third-order valence-electron chi connectivity index (χ3n) is 6.95. The number of anilines is 1. The number of fused-ring (bicyclic) bond motifs is 1. The molecule has 1 amide bonds. The van der Waals surface area contributed by atoms with Gasteiger partial charge in [0.25, 0.3) is 0 Å². The second kappa shape index (κ2) is 6.79. The number of likely N-dealkylation sites (tertiary alicyclic amines) is 1. The molecule has 1 aliphatic carbocycles. The minimum absolute atomic E-state index is 0.182. The van der Waals surface area contributed by atoms with Gasteiger partial charge in [-0.05, 0) is 61.4 Å². The number of carbonyl (C=O) groups is 1. The van der Waals surface area contributed by atoms with Crippen molar-refractivity contribution in [2.24, 2.45) is 11.8 Å². The van der Waals surface area contributed by atoms with Gasteiger partial charge in [0, 0.05) is 12.2 Å². The van der Waals surface area contributed by atoms with Crippen molar-refractivity contribution >= 4 is 11.6 Å². The van der Waals surface area contributed by atoms with Crippen LogP contribution in [0.4, 0.5) is 5.69 Å². The molecule has 2 atom stereocenters. The Bertz CT molecular complexity index is 829. The van der Waals surface area contributed by atoms with Crippen molar-refractivity contribution in [3.05, 3.63) is 65.7 Å². The number of benzene rings is 2. The predicted molar refractivity (Wildman–Crippen MR) is 109 cm³/mol. The smallest absolute Gasteiger partial charge is 0.235 e. The van der Waals surface area contributed by atoms with E-state index in [4.69, 9.17) is 0 Å². The molecule has 3 heteroatoms. The normalized spacial score (nSPS) is 28.0. The van der Waals surface area contributed by atoms with E-state index in [0.29, 0.717) is 5.92 Å². The number of hydrogen-bond donors (Lipinski definition) is 1. The Morgan fingerprint density at radius 2 is 1.78 bits per heavy atom. The summed E-state index contributed by atoms with van der Waals surface area (Å²) in [7, 11) is 0. The minimum Gasteiger partial charge on any atom is -0.325 e. The van der Waals surface area contributed by atoms with Crippen LogP contribution in [0, 0.1) is 11.8 Å². The van der Waals surface area contributed by atoms with E-state index in [9.17, 15) is 4.79 Å². The van der Waals surface area contributed by atoms with Crippen molar-refractivity contribution in [2.75, 3.05) is 25.0 Å². The second-order valence-electron chi connectivity index (χ2n) is 8.64. The SMILES string of the molecule is O=C1Nc2ccccc2CC1(c1ccccc1)[C@@H]1CCN(CCC2CC2)C1. The predicted octanol–water partition coefficient (Wildman–Crippen LogP) is 4.24. The third-order valence-corrected chi connectivity index (χ3v) is 6.95. The Hall–Kier alpha value is -2.13. The van der Waals surface area contributed by atoms with Gasteiger partial charge in [-0.2, -0.15) is 0 Å².